The molecule has 0 aliphatic rings. The second-order valence-corrected chi connectivity index (χ2v) is 8.22. The van der Waals surface area contributed by atoms with Crippen molar-refractivity contribution in [3.8, 4) is 0 Å². The van der Waals surface area contributed by atoms with Crippen molar-refractivity contribution in [1.29, 1.82) is 0 Å². The number of aromatic nitrogens is 4. The summed E-state index contributed by atoms with van der Waals surface area (Å²) in [6.07, 6.45) is 3.48. The molecule has 0 spiro atoms. The Morgan fingerprint density at radius 2 is 1.93 bits per heavy atom. The fourth-order valence-electron chi connectivity index (χ4n) is 2.60. The molecular formula is C18H20F2N6O2S. The first-order chi connectivity index (χ1) is 13.8. The summed E-state index contributed by atoms with van der Waals surface area (Å²) < 4.78 is 55.1. The molecule has 2 aromatic heterocycles. The quantitative estimate of drug-likeness (QED) is 0.579. The maximum Gasteiger partial charge on any atom is 0.263 e. The van der Waals surface area contributed by atoms with Crippen LogP contribution in [-0.2, 0) is 16.4 Å². The van der Waals surface area contributed by atoms with E-state index in [0.717, 1.165) is 24.0 Å². The van der Waals surface area contributed by atoms with Crippen LogP contribution in [0, 0.1) is 11.6 Å². The van der Waals surface area contributed by atoms with Crippen LogP contribution < -0.4 is 10.0 Å². The molecule has 2 N–H and O–H groups in total. The summed E-state index contributed by atoms with van der Waals surface area (Å²) in [7, 11) is -3.98. The molecule has 0 aliphatic heterocycles. The molecule has 0 saturated heterocycles. The van der Waals surface area contributed by atoms with E-state index in [9.17, 15) is 17.2 Å². The monoisotopic (exact) mass is 422 g/mol. The predicted molar refractivity (Wildman–Crippen MR) is 104 cm³/mol. The Kier molecular flexibility index (Phi) is 6.06. The molecule has 0 amide bonds. The zero-order valence-electron chi connectivity index (χ0n) is 15.8. The summed E-state index contributed by atoms with van der Waals surface area (Å²) in [5, 5.41) is 11.1. The Hall–Kier alpha value is -3.08. The number of nitrogens with zero attached hydrogens (tertiary/aromatic N) is 4. The molecule has 8 nitrogen and oxygen atoms in total. The number of sulfonamides is 1. The summed E-state index contributed by atoms with van der Waals surface area (Å²) in [5.74, 6) is -0.873. The van der Waals surface area contributed by atoms with Crippen LogP contribution in [0.3, 0.4) is 0 Å². The molecule has 0 atom stereocenters. The number of hydrogen-bond donors (Lipinski definition) is 2. The molecule has 3 aromatic rings. The lowest BCUT2D eigenvalue weighted by molar-refractivity contribution is 0.509. The standard InChI is InChI=1S/C18H20F2N6O2S/c1-12(2)26-11-23-24-18(26)7-8-21-17-6-4-14(10-22-17)29(27,28)25-13-3-5-15(19)16(20)9-13/h3-6,9-12,25H,7-8H2,1-2H3,(H,21,22). The number of hydrogen-bond acceptors (Lipinski definition) is 6. The van der Waals surface area contributed by atoms with Crippen molar-refractivity contribution in [2.75, 3.05) is 16.6 Å². The number of anilines is 2. The highest BCUT2D eigenvalue weighted by Gasteiger charge is 2.16. The smallest absolute Gasteiger partial charge is 0.263 e. The molecule has 1 aromatic carbocycles. The molecule has 29 heavy (non-hydrogen) atoms. The van der Waals surface area contributed by atoms with Crippen molar-refractivity contribution in [1.82, 2.24) is 19.7 Å². The third-order valence-electron chi connectivity index (χ3n) is 4.08. The van der Waals surface area contributed by atoms with Gasteiger partial charge in [-0.05, 0) is 38.1 Å². The van der Waals surface area contributed by atoms with Gasteiger partial charge in [0.1, 0.15) is 22.9 Å². The van der Waals surface area contributed by atoms with Gasteiger partial charge in [0.15, 0.2) is 11.6 Å². The van der Waals surface area contributed by atoms with Gasteiger partial charge in [-0.2, -0.15) is 0 Å². The van der Waals surface area contributed by atoms with E-state index in [1.54, 1.807) is 6.33 Å². The van der Waals surface area contributed by atoms with Crippen molar-refractivity contribution in [3.63, 3.8) is 0 Å². The van der Waals surface area contributed by atoms with E-state index in [2.05, 4.69) is 25.2 Å². The van der Waals surface area contributed by atoms with Crippen LogP contribution in [0.25, 0.3) is 0 Å². The number of nitrogens with one attached hydrogen (secondary N) is 2. The highest BCUT2D eigenvalue weighted by Crippen LogP contribution is 2.19. The minimum atomic E-state index is -3.98. The van der Waals surface area contributed by atoms with Gasteiger partial charge in [-0.25, -0.2) is 22.2 Å². The normalized spacial score (nSPS) is 11.6. The number of benzene rings is 1. The first-order valence-electron chi connectivity index (χ1n) is 8.82. The van der Waals surface area contributed by atoms with Gasteiger partial charge in [0.25, 0.3) is 10.0 Å². The number of halogens is 2. The molecule has 0 aliphatic carbocycles. The van der Waals surface area contributed by atoms with Gasteiger partial charge >= 0.3 is 0 Å². The zero-order chi connectivity index (χ0) is 21.0. The van der Waals surface area contributed by atoms with E-state index < -0.39 is 21.7 Å². The van der Waals surface area contributed by atoms with Gasteiger partial charge in [-0.1, -0.05) is 0 Å². The molecule has 0 bridgehead atoms. The summed E-state index contributed by atoms with van der Waals surface area (Å²) in [5.41, 5.74) is -0.0830. The van der Waals surface area contributed by atoms with Crippen LogP contribution in [0.5, 0.6) is 0 Å². The molecule has 0 fully saturated rings. The molecule has 0 unspecified atom stereocenters. The van der Waals surface area contributed by atoms with E-state index >= 15 is 0 Å². The molecule has 2 heterocycles. The number of pyridine rings is 1. The molecule has 154 valence electrons. The predicted octanol–water partition coefficient (Wildman–Crippen LogP) is 2.99. The lowest BCUT2D eigenvalue weighted by atomic mass is 10.3. The van der Waals surface area contributed by atoms with E-state index in [1.165, 1.54) is 18.3 Å². The molecular weight excluding hydrogens is 402 g/mol. The van der Waals surface area contributed by atoms with Crippen LogP contribution in [0.2, 0.25) is 0 Å². The Morgan fingerprint density at radius 1 is 1.14 bits per heavy atom. The Labute approximate surface area is 167 Å². The summed E-state index contributed by atoms with van der Waals surface area (Å²) in [4.78, 5) is 3.98. The van der Waals surface area contributed by atoms with Gasteiger partial charge in [0, 0.05) is 31.3 Å². The van der Waals surface area contributed by atoms with E-state index in [1.807, 2.05) is 18.4 Å². The summed E-state index contributed by atoms with van der Waals surface area (Å²) in [6.45, 7) is 4.61. The van der Waals surface area contributed by atoms with Crippen molar-refractivity contribution in [2.24, 2.45) is 0 Å². The highest BCUT2D eigenvalue weighted by atomic mass is 32.2. The molecule has 3 rings (SSSR count). The third-order valence-corrected chi connectivity index (χ3v) is 5.44. The minimum Gasteiger partial charge on any atom is -0.370 e. The van der Waals surface area contributed by atoms with Crippen LogP contribution >= 0.6 is 0 Å². The van der Waals surface area contributed by atoms with Gasteiger partial charge in [0.2, 0.25) is 0 Å². The SMILES string of the molecule is CC(C)n1cnnc1CCNc1ccc(S(=O)(=O)Nc2ccc(F)c(F)c2)cn1. The average molecular weight is 422 g/mol. The van der Waals surface area contributed by atoms with E-state index in [-0.39, 0.29) is 16.6 Å². The Balaban J connectivity index is 1.61. The summed E-state index contributed by atoms with van der Waals surface area (Å²) in [6, 6.07) is 5.89. The Morgan fingerprint density at radius 3 is 2.59 bits per heavy atom. The Bertz CT molecular complexity index is 1080. The van der Waals surface area contributed by atoms with Crippen molar-refractivity contribution >= 4 is 21.5 Å². The first kappa shape index (κ1) is 20.6. The zero-order valence-corrected chi connectivity index (χ0v) is 16.6. The lowest BCUT2D eigenvalue weighted by Crippen LogP contribution is -2.14. The van der Waals surface area contributed by atoms with Crippen LogP contribution in [0.15, 0.2) is 47.8 Å². The fourth-order valence-corrected chi connectivity index (χ4v) is 3.59. The second-order valence-electron chi connectivity index (χ2n) is 6.54. The van der Waals surface area contributed by atoms with Gasteiger partial charge in [-0.3, -0.25) is 4.72 Å². The third kappa shape index (κ3) is 5.05. The van der Waals surface area contributed by atoms with Crippen molar-refractivity contribution in [3.05, 3.63) is 60.3 Å². The van der Waals surface area contributed by atoms with E-state index in [4.69, 9.17) is 0 Å². The van der Waals surface area contributed by atoms with Gasteiger partial charge in [-0.15, -0.1) is 10.2 Å². The minimum absolute atomic E-state index is 0.0830. The highest BCUT2D eigenvalue weighted by molar-refractivity contribution is 7.92. The fraction of sp³-hybridized carbons (Fsp3) is 0.278. The second kappa shape index (κ2) is 8.52. The first-order valence-corrected chi connectivity index (χ1v) is 10.3. The van der Waals surface area contributed by atoms with Crippen LogP contribution in [-0.4, -0.2) is 34.7 Å². The maximum absolute atomic E-state index is 13.3. The molecule has 11 heteroatoms. The average Bonchev–Trinajstić information content (AvgIpc) is 3.14. The lowest BCUT2D eigenvalue weighted by Gasteiger charge is -2.11. The number of rotatable bonds is 8. The maximum atomic E-state index is 13.3. The van der Waals surface area contributed by atoms with Gasteiger partial charge < -0.3 is 9.88 Å². The largest absolute Gasteiger partial charge is 0.370 e. The molecule has 0 saturated carbocycles. The molecule has 0 radical (unpaired) electrons. The van der Waals surface area contributed by atoms with E-state index in [0.29, 0.717) is 18.8 Å². The van der Waals surface area contributed by atoms with Crippen molar-refractivity contribution in [2.45, 2.75) is 31.2 Å². The van der Waals surface area contributed by atoms with Gasteiger partial charge in [0.05, 0.1) is 5.69 Å². The van der Waals surface area contributed by atoms with Crippen LogP contribution in [0.4, 0.5) is 20.3 Å². The summed E-state index contributed by atoms with van der Waals surface area (Å²) >= 11 is 0. The van der Waals surface area contributed by atoms with Crippen molar-refractivity contribution < 1.29 is 17.2 Å². The van der Waals surface area contributed by atoms with Crippen LogP contribution in [0.1, 0.15) is 25.7 Å². The topological polar surface area (TPSA) is 102 Å².